The van der Waals surface area contributed by atoms with Crippen molar-refractivity contribution in [2.24, 2.45) is 5.41 Å². The van der Waals surface area contributed by atoms with Gasteiger partial charge >= 0.3 is 0 Å². The Balaban J connectivity index is 3.37. The Labute approximate surface area is 61.3 Å². The molecule has 0 rings (SSSR count). The van der Waals surface area contributed by atoms with Crippen molar-refractivity contribution in [1.29, 1.82) is 0 Å². The first-order valence-corrected chi connectivity index (χ1v) is 3.15. The lowest BCUT2D eigenvalue weighted by atomic mass is 9.98. The Hall–Kier alpha value is -0.410. The second kappa shape index (κ2) is 4.41. The molecule has 60 valence electrons. The lowest BCUT2D eigenvalue weighted by Gasteiger charge is -2.15. The monoisotopic (exact) mass is 146 g/mol. The number of ether oxygens (including phenoxy) is 2. The Bertz CT molecular complexity index is 99.0. The number of rotatable bonds is 5. The van der Waals surface area contributed by atoms with Gasteiger partial charge in [-0.15, -0.1) is 0 Å². The molecule has 0 saturated carbocycles. The van der Waals surface area contributed by atoms with E-state index >= 15 is 0 Å². The fourth-order valence-corrected chi connectivity index (χ4v) is 0.422. The van der Waals surface area contributed by atoms with E-state index in [9.17, 15) is 4.79 Å². The fourth-order valence-electron chi connectivity index (χ4n) is 0.422. The topological polar surface area (TPSA) is 35.5 Å². The van der Waals surface area contributed by atoms with E-state index in [-0.39, 0.29) is 6.79 Å². The second-order valence-corrected chi connectivity index (χ2v) is 2.86. The van der Waals surface area contributed by atoms with E-state index in [0.29, 0.717) is 6.61 Å². The summed E-state index contributed by atoms with van der Waals surface area (Å²) >= 11 is 0. The molecule has 0 spiro atoms. The van der Waals surface area contributed by atoms with Crippen molar-refractivity contribution in [1.82, 2.24) is 0 Å². The summed E-state index contributed by atoms with van der Waals surface area (Å²) in [5.74, 6) is 0. The number of methoxy groups -OCH3 is 1. The number of aldehydes is 1. The van der Waals surface area contributed by atoms with Gasteiger partial charge in [0.2, 0.25) is 0 Å². The van der Waals surface area contributed by atoms with E-state index in [1.807, 2.05) is 13.8 Å². The van der Waals surface area contributed by atoms with Gasteiger partial charge in [-0.05, 0) is 0 Å². The van der Waals surface area contributed by atoms with Gasteiger partial charge in [0.15, 0.2) is 0 Å². The average molecular weight is 146 g/mol. The van der Waals surface area contributed by atoms with Crippen molar-refractivity contribution < 1.29 is 14.3 Å². The van der Waals surface area contributed by atoms with Crippen LogP contribution in [0.3, 0.4) is 0 Å². The standard InChI is InChI=1S/C7H14O3/c1-7(2,4-8)5-10-6-9-3/h4H,5-6H2,1-3H3. The molecule has 0 atom stereocenters. The summed E-state index contributed by atoms with van der Waals surface area (Å²) in [6.07, 6.45) is 0.878. The summed E-state index contributed by atoms with van der Waals surface area (Å²) in [5.41, 5.74) is -0.390. The lowest BCUT2D eigenvalue weighted by Crippen LogP contribution is -2.21. The molecule has 0 aromatic heterocycles. The van der Waals surface area contributed by atoms with Crippen LogP contribution in [-0.4, -0.2) is 26.8 Å². The Kier molecular flexibility index (Phi) is 4.23. The first-order valence-electron chi connectivity index (χ1n) is 3.15. The summed E-state index contributed by atoms with van der Waals surface area (Å²) < 4.78 is 9.63. The van der Waals surface area contributed by atoms with E-state index in [0.717, 1.165) is 6.29 Å². The highest BCUT2D eigenvalue weighted by Gasteiger charge is 2.15. The molecule has 0 fully saturated rings. The predicted molar refractivity (Wildman–Crippen MR) is 37.7 cm³/mol. The highest BCUT2D eigenvalue weighted by Crippen LogP contribution is 2.10. The van der Waals surface area contributed by atoms with E-state index in [2.05, 4.69) is 4.74 Å². The molecule has 3 nitrogen and oxygen atoms in total. The maximum Gasteiger partial charge on any atom is 0.146 e. The number of hydrogen-bond acceptors (Lipinski definition) is 3. The number of hydrogen-bond donors (Lipinski definition) is 0. The predicted octanol–water partition coefficient (Wildman–Crippen LogP) is 0.832. The molecule has 3 heteroatoms. The van der Waals surface area contributed by atoms with Gasteiger partial charge in [0.1, 0.15) is 13.1 Å². The highest BCUT2D eigenvalue weighted by atomic mass is 16.7. The van der Waals surface area contributed by atoms with Crippen LogP contribution in [0.1, 0.15) is 13.8 Å². The molecule has 0 amide bonds. The fraction of sp³-hybridized carbons (Fsp3) is 0.857. The Morgan fingerprint density at radius 1 is 1.50 bits per heavy atom. The van der Waals surface area contributed by atoms with Crippen LogP contribution in [0.15, 0.2) is 0 Å². The van der Waals surface area contributed by atoms with Crippen LogP contribution < -0.4 is 0 Å². The smallest absolute Gasteiger partial charge is 0.146 e. The van der Waals surface area contributed by atoms with Crippen molar-refractivity contribution in [3.8, 4) is 0 Å². The van der Waals surface area contributed by atoms with Crippen LogP contribution in [0, 0.1) is 5.41 Å². The minimum atomic E-state index is -0.390. The number of carbonyl (C=O) groups is 1. The zero-order valence-electron chi connectivity index (χ0n) is 6.72. The molecular formula is C7H14O3. The molecule has 0 heterocycles. The van der Waals surface area contributed by atoms with Crippen molar-refractivity contribution in [3.63, 3.8) is 0 Å². The molecule has 0 radical (unpaired) electrons. The third-order valence-corrected chi connectivity index (χ3v) is 0.994. The average Bonchev–Trinajstić information content (AvgIpc) is 1.89. The van der Waals surface area contributed by atoms with Crippen LogP contribution in [0.2, 0.25) is 0 Å². The van der Waals surface area contributed by atoms with Gasteiger partial charge in [-0.3, -0.25) is 0 Å². The van der Waals surface area contributed by atoms with Gasteiger partial charge in [-0.2, -0.15) is 0 Å². The number of carbonyl (C=O) groups excluding carboxylic acids is 1. The van der Waals surface area contributed by atoms with E-state index in [4.69, 9.17) is 4.74 Å². The Morgan fingerprint density at radius 3 is 2.50 bits per heavy atom. The maximum atomic E-state index is 10.3. The van der Waals surface area contributed by atoms with Crippen LogP contribution in [0.5, 0.6) is 0 Å². The van der Waals surface area contributed by atoms with Crippen molar-refractivity contribution in [2.45, 2.75) is 13.8 Å². The minimum Gasteiger partial charge on any atom is -0.359 e. The summed E-state index contributed by atoms with van der Waals surface area (Å²) in [4.78, 5) is 10.3. The largest absolute Gasteiger partial charge is 0.359 e. The van der Waals surface area contributed by atoms with Gasteiger partial charge in [-0.25, -0.2) is 0 Å². The molecule has 0 aromatic carbocycles. The molecule has 0 unspecified atom stereocenters. The lowest BCUT2D eigenvalue weighted by molar-refractivity contribution is -0.121. The van der Waals surface area contributed by atoms with Crippen LogP contribution >= 0.6 is 0 Å². The Morgan fingerprint density at radius 2 is 2.10 bits per heavy atom. The SMILES string of the molecule is COCOCC(C)(C)C=O. The minimum absolute atomic E-state index is 0.247. The van der Waals surface area contributed by atoms with Crippen molar-refractivity contribution in [2.75, 3.05) is 20.5 Å². The quantitative estimate of drug-likeness (QED) is 0.327. The zero-order valence-corrected chi connectivity index (χ0v) is 6.72. The van der Waals surface area contributed by atoms with E-state index < -0.39 is 5.41 Å². The van der Waals surface area contributed by atoms with Crippen LogP contribution in [0.25, 0.3) is 0 Å². The summed E-state index contributed by atoms with van der Waals surface area (Å²) in [6, 6.07) is 0. The van der Waals surface area contributed by atoms with Gasteiger partial charge in [-0.1, -0.05) is 13.8 Å². The summed E-state index contributed by atoms with van der Waals surface area (Å²) in [6.45, 7) is 4.28. The second-order valence-electron chi connectivity index (χ2n) is 2.86. The molecule has 0 N–H and O–H groups in total. The molecule has 0 bridgehead atoms. The normalized spacial score (nSPS) is 11.5. The molecule has 0 aliphatic rings. The maximum absolute atomic E-state index is 10.3. The summed E-state index contributed by atoms with van der Waals surface area (Å²) in [7, 11) is 1.55. The molecule has 0 aliphatic heterocycles. The van der Waals surface area contributed by atoms with Crippen molar-refractivity contribution in [3.05, 3.63) is 0 Å². The van der Waals surface area contributed by atoms with Crippen LogP contribution in [0.4, 0.5) is 0 Å². The third kappa shape index (κ3) is 4.47. The first-order chi connectivity index (χ1) is 4.62. The molecule has 0 aromatic rings. The van der Waals surface area contributed by atoms with E-state index in [1.54, 1.807) is 7.11 Å². The van der Waals surface area contributed by atoms with Crippen molar-refractivity contribution >= 4 is 6.29 Å². The highest BCUT2D eigenvalue weighted by molar-refractivity contribution is 5.57. The van der Waals surface area contributed by atoms with Gasteiger partial charge in [0.25, 0.3) is 0 Å². The van der Waals surface area contributed by atoms with Gasteiger partial charge in [0.05, 0.1) is 6.61 Å². The van der Waals surface area contributed by atoms with Gasteiger partial charge in [0, 0.05) is 12.5 Å². The first kappa shape index (κ1) is 9.59. The van der Waals surface area contributed by atoms with E-state index in [1.165, 1.54) is 0 Å². The molecule has 10 heavy (non-hydrogen) atoms. The molecule has 0 saturated heterocycles. The third-order valence-electron chi connectivity index (χ3n) is 0.994. The van der Waals surface area contributed by atoms with Crippen LogP contribution in [-0.2, 0) is 14.3 Å². The summed E-state index contributed by atoms with van der Waals surface area (Å²) in [5, 5.41) is 0. The zero-order chi connectivity index (χ0) is 8.04. The van der Waals surface area contributed by atoms with Gasteiger partial charge < -0.3 is 14.3 Å². The molecule has 0 aliphatic carbocycles. The molecular weight excluding hydrogens is 132 g/mol.